The van der Waals surface area contributed by atoms with Crippen molar-refractivity contribution in [1.82, 2.24) is 0 Å². The molecule has 1 aromatic rings. The molecule has 0 aliphatic heterocycles. The Bertz CT molecular complexity index is 359. The topological polar surface area (TPSA) is 29.5 Å². The Balaban J connectivity index is 3.12. The average Bonchev–Trinajstić information content (AvgIpc) is 2.15. The van der Waals surface area contributed by atoms with Gasteiger partial charge in [-0.1, -0.05) is 26.0 Å². The first-order chi connectivity index (χ1) is 7.38. The van der Waals surface area contributed by atoms with E-state index in [0.717, 1.165) is 0 Å². The molecule has 1 N–H and O–H groups in total. The van der Waals surface area contributed by atoms with Crippen molar-refractivity contribution in [1.29, 1.82) is 0 Å². The lowest BCUT2D eigenvalue weighted by Crippen LogP contribution is -2.24. The molecule has 0 aliphatic carbocycles. The zero-order valence-electron chi connectivity index (χ0n) is 10.2. The largest absolute Gasteiger partial charge is 0.494 e. The lowest BCUT2D eigenvalue weighted by atomic mass is 9.79. The first-order valence-corrected chi connectivity index (χ1v) is 5.39. The molecule has 90 valence electrons. The summed E-state index contributed by atoms with van der Waals surface area (Å²) in [7, 11) is 1.45. The first-order valence-electron chi connectivity index (χ1n) is 5.39. The van der Waals surface area contributed by atoms with E-state index in [0.29, 0.717) is 12.0 Å². The van der Waals surface area contributed by atoms with Gasteiger partial charge in [-0.15, -0.1) is 0 Å². The highest BCUT2D eigenvalue weighted by molar-refractivity contribution is 5.35. The monoisotopic (exact) mass is 226 g/mol. The van der Waals surface area contributed by atoms with E-state index < -0.39 is 11.5 Å². The van der Waals surface area contributed by atoms with Crippen molar-refractivity contribution in [3.8, 4) is 5.75 Å². The minimum atomic E-state index is -0.458. The van der Waals surface area contributed by atoms with Crippen molar-refractivity contribution in [2.75, 3.05) is 7.11 Å². The molecule has 0 spiro atoms. The van der Waals surface area contributed by atoms with Gasteiger partial charge >= 0.3 is 0 Å². The highest BCUT2D eigenvalue weighted by Crippen LogP contribution is 2.33. The molecule has 1 atom stereocenters. The van der Waals surface area contributed by atoms with E-state index in [1.807, 2.05) is 13.8 Å². The molecular weight excluding hydrogens is 207 g/mol. The molecule has 0 saturated carbocycles. The van der Waals surface area contributed by atoms with Crippen molar-refractivity contribution >= 4 is 0 Å². The molecule has 1 rings (SSSR count). The second-order valence-electron chi connectivity index (χ2n) is 4.76. The van der Waals surface area contributed by atoms with E-state index in [-0.39, 0.29) is 11.6 Å². The standard InChI is InChI=1S/C13H19FO2/c1-9(15)8-13(2,3)10-6-5-7-11(16-4)12(10)14/h5-7,9,15H,8H2,1-4H3. The Morgan fingerprint density at radius 3 is 2.56 bits per heavy atom. The summed E-state index contributed by atoms with van der Waals surface area (Å²) in [5.74, 6) is -0.0909. The van der Waals surface area contributed by atoms with Crippen LogP contribution in [-0.2, 0) is 5.41 Å². The van der Waals surface area contributed by atoms with Crippen LogP contribution in [0.1, 0.15) is 32.8 Å². The maximum atomic E-state index is 14.0. The van der Waals surface area contributed by atoms with Crippen LogP contribution in [0.4, 0.5) is 4.39 Å². The molecule has 0 fully saturated rings. The first kappa shape index (κ1) is 13.0. The van der Waals surface area contributed by atoms with Crippen LogP contribution in [0.15, 0.2) is 18.2 Å². The Labute approximate surface area is 96.1 Å². The molecule has 0 aromatic heterocycles. The molecule has 1 aromatic carbocycles. The Morgan fingerprint density at radius 1 is 1.44 bits per heavy atom. The maximum Gasteiger partial charge on any atom is 0.168 e. The van der Waals surface area contributed by atoms with E-state index in [9.17, 15) is 9.50 Å². The molecule has 0 aliphatic rings. The van der Waals surface area contributed by atoms with E-state index in [2.05, 4.69) is 0 Å². The molecule has 2 nitrogen and oxygen atoms in total. The molecule has 0 heterocycles. The third kappa shape index (κ3) is 2.73. The summed E-state index contributed by atoms with van der Waals surface area (Å²) >= 11 is 0. The van der Waals surface area contributed by atoms with Crippen molar-refractivity contribution in [3.63, 3.8) is 0 Å². The molecule has 0 bridgehead atoms. The predicted molar refractivity (Wildman–Crippen MR) is 62.3 cm³/mol. The van der Waals surface area contributed by atoms with Gasteiger partial charge in [0.15, 0.2) is 11.6 Å². The number of aliphatic hydroxyl groups excluding tert-OH is 1. The molecule has 1 unspecified atom stereocenters. The van der Waals surface area contributed by atoms with Gasteiger partial charge in [0, 0.05) is 0 Å². The van der Waals surface area contributed by atoms with Gasteiger partial charge in [0.05, 0.1) is 13.2 Å². The second kappa shape index (κ2) is 4.83. The molecule has 16 heavy (non-hydrogen) atoms. The number of aliphatic hydroxyl groups is 1. The quantitative estimate of drug-likeness (QED) is 0.855. The fraction of sp³-hybridized carbons (Fsp3) is 0.538. The predicted octanol–water partition coefficient (Wildman–Crippen LogP) is 2.88. The fourth-order valence-electron chi connectivity index (χ4n) is 2.04. The van der Waals surface area contributed by atoms with Crippen molar-refractivity contribution in [2.24, 2.45) is 0 Å². The highest BCUT2D eigenvalue weighted by Gasteiger charge is 2.27. The number of ether oxygens (including phenoxy) is 1. The number of rotatable bonds is 4. The van der Waals surface area contributed by atoms with Gasteiger partial charge in [-0.3, -0.25) is 0 Å². The second-order valence-corrected chi connectivity index (χ2v) is 4.76. The van der Waals surface area contributed by atoms with Gasteiger partial charge in [-0.25, -0.2) is 4.39 Å². The lowest BCUT2D eigenvalue weighted by molar-refractivity contribution is 0.155. The van der Waals surface area contributed by atoms with Crippen molar-refractivity contribution in [3.05, 3.63) is 29.6 Å². The van der Waals surface area contributed by atoms with Gasteiger partial charge < -0.3 is 9.84 Å². The molecule has 0 saturated heterocycles. The minimum Gasteiger partial charge on any atom is -0.494 e. The van der Waals surface area contributed by atoms with Crippen molar-refractivity contribution in [2.45, 2.75) is 38.7 Å². The molecule has 0 radical (unpaired) electrons. The van der Waals surface area contributed by atoms with Crippen LogP contribution >= 0.6 is 0 Å². The van der Waals surface area contributed by atoms with Crippen LogP contribution < -0.4 is 4.74 Å². The van der Waals surface area contributed by atoms with Crippen LogP contribution in [0, 0.1) is 5.82 Å². The third-order valence-corrected chi connectivity index (χ3v) is 2.72. The number of benzene rings is 1. The maximum absolute atomic E-state index is 14.0. The number of methoxy groups -OCH3 is 1. The van der Waals surface area contributed by atoms with E-state index >= 15 is 0 Å². The van der Waals surface area contributed by atoms with Crippen LogP contribution in [0.25, 0.3) is 0 Å². The van der Waals surface area contributed by atoms with Gasteiger partial charge in [-0.05, 0) is 30.4 Å². The Morgan fingerprint density at radius 2 is 2.06 bits per heavy atom. The van der Waals surface area contributed by atoms with Crippen molar-refractivity contribution < 1.29 is 14.2 Å². The van der Waals surface area contributed by atoms with Crippen LogP contribution in [-0.4, -0.2) is 18.3 Å². The Hall–Kier alpha value is -1.09. The zero-order valence-corrected chi connectivity index (χ0v) is 10.2. The third-order valence-electron chi connectivity index (χ3n) is 2.72. The smallest absolute Gasteiger partial charge is 0.168 e. The minimum absolute atomic E-state index is 0.246. The van der Waals surface area contributed by atoms with Gasteiger partial charge in [0.25, 0.3) is 0 Å². The summed E-state index contributed by atoms with van der Waals surface area (Å²) in [6, 6.07) is 5.10. The summed E-state index contributed by atoms with van der Waals surface area (Å²) in [5.41, 5.74) is 0.167. The number of halogens is 1. The van der Waals surface area contributed by atoms with E-state index in [1.165, 1.54) is 7.11 Å². The van der Waals surface area contributed by atoms with Crippen LogP contribution in [0.5, 0.6) is 5.75 Å². The molecule has 0 amide bonds. The lowest BCUT2D eigenvalue weighted by Gasteiger charge is -2.27. The SMILES string of the molecule is COc1cccc(C(C)(C)CC(C)O)c1F. The Kier molecular flexibility index (Phi) is 3.92. The van der Waals surface area contributed by atoms with E-state index in [1.54, 1.807) is 25.1 Å². The molecular formula is C13H19FO2. The summed E-state index contributed by atoms with van der Waals surface area (Å²) in [5, 5.41) is 9.41. The summed E-state index contributed by atoms with van der Waals surface area (Å²) in [4.78, 5) is 0. The fourth-order valence-corrected chi connectivity index (χ4v) is 2.04. The van der Waals surface area contributed by atoms with Gasteiger partial charge in [0.2, 0.25) is 0 Å². The molecule has 3 heteroatoms. The summed E-state index contributed by atoms with van der Waals surface area (Å²) in [6.07, 6.45) is 0.0532. The average molecular weight is 226 g/mol. The van der Waals surface area contributed by atoms with Crippen LogP contribution in [0.2, 0.25) is 0 Å². The summed E-state index contributed by atoms with van der Waals surface area (Å²) in [6.45, 7) is 5.54. The number of hydrogen-bond acceptors (Lipinski definition) is 2. The highest BCUT2D eigenvalue weighted by atomic mass is 19.1. The number of hydrogen-bond donors (Lipinski definition) is 1. The van der Waals surface area contributed by atoms with Crippen LogP contribution in [0.3, 0.4) is 0 Å². The van der Waals surface area contributed by atoms with Gasteiger partial charge in [0.1, 0.15) is 0 Å². The van der Waals surface area contributed by atoms with Gasteiger partial charge in [-0.2, -0.15) is 0 Å². The van der Waals surface area contributed by atoms with E-state index in [4.69, 9.17) is 4.74 Å². The zero-order chi connectivity index (χ0) is 12.3. The normalized spacial score (nSPS) is 13.6. The summed E-state index contributed by atoms with van der Waals surface area (Å²) < 4.78 is 19.0.